The number of H-pyrrole nitrogens is 1. The van der Waals surface area contributed by atoms with Crippen molar-refractivity contribution < 1.29 is 4.39 Å². The third-order valence-electron chi connectivity index (χ3n) is 3.19. The number of aromatic nitrogens is 2. The van der Waals surface area contributed by atoms with E-state index in [0.717, 1.165) is 11.3 Å². The fourth-order valence-electron chi connectivity index (χ4n) is 2.16. The first-order valence-electron chi connectivity index (χ1n) is 6.29. The Kier molecular flexibility index (Phi) is 3.13. The van der Waals surface area contributed by atoms with E-state index in [2.05, 4.69) is 16.0 Å². The summed E-state index contributed by atoms with van der Waals surface area (Å²) >= 11 is 0. The number of nitriles is 1. The highest BCUT2D eigenvalue weighted by Crippen LogP contribution is 2.30. The van der Waals surface area contributed by atoms with Gasteiger partial charge in [-0.3, -0.25) is 0 Å². The van der Waals surface area contributed by atoms with Crippen molar-refractivity contribution in [2.45, 2.75) is 0 Å². The van der Waals surface area contributed by atoms with Crippen LogP contribution in [0.15, 0.2) is 48.7 Å². The summed E-state index contributed by atoms with van der Waals surface area (Å²) in [5.74, 6) is -0.158. The number of pyridine rings is 1. The van der Waals surface area contributed by atoms with Crippen molar-refractivity contribution in [1.29, 1.82) is 5.26 Å². The van der Waals surface area contributed by atoms with Crippen LogP contribution in [0.25, 0.3) is 22.5 Å². The number of hydrogen-bond acceptors (Lipinski definition) is 3. The first kappa shape index (κ1) is 12.9. The maximum atomic E-state index is 13.0. The highest BCUT2D eigenvalue weighted by molar-refractivity contribution is 5.78. The van der Waals surface area contributed by atoms with Gasteiger partial charge in [0.25, 0.3) is 0 Å². The van der Waals surface area contributed by atoms with Crippen molar-refractivity contribution in [2.24, 2.45) is 0 Å². The smallest absolute Gasteiger partial charge is 0.142 e. The summed E-state index contributed by atoms with van der Waals surface area (Å²) in [6.45, 7) is 0. The second-order valence-corrected chi connectivity index (χ2v) is 4.52. The monoisotopic (exact) mass is 278 g/mol. The molecule has 3 rings (SSSR count). The SMILES string of the molecule is N#Cc1c(-c2ccc[nH]2)cc(-c2ccc(F)cc2)nc1N. The van der Waals surface area contributed by atoms with Crippen molar-refractivity contribution in [1.82, 2.24) is 9.97 Å². The van der Waals surface area contributed by atoms with Gasteiger partial charge in [-0.25, -0.2) is 9.37 Å². The second-order valence-electron chi connectivity index (χ2n) is 4.52. The number of nitrogen functional groups attached to an aromatic ring is 1. The van der Waals surface area contributed by atoms with Gasteiger partial charge in [-0.05, 0) is 42.5 Å². The van der Waals surface area contributed by atoms with E-state index in [-0.39, 0.29) is 11.6 Å². The van der Waals surface area contributed by atoms with Crippen molar-refractivity contribution in [3.05, 3.63) is 60.0 Å². The summed E-state index contributed by atoms with van der Waals surface area (Å²) in [4.78, 5) is 7.28. The lowest BCUT2D eigenvalue weighted by atomic mass is 10.0. The molecule has 3 aromatic rings. The van der Waals surface area contributed by atoms with E-state index in [1.165, 1.54) is 12.1 Å². The Labute approximate surface area is 120 Å². The number of hydrogen-bond donors (Lipinski definition) is 2. The van der Waals surface area contributed by atoms with Crippen LogP contribution >= 0.6 is 0 Å². The largest absolute Gasteiger partial charge is 0.383 e. The minimum atomic E-state index is -0.315. The molecule has 0 aliphatic heterocycles. The van der Waals surface area contributed by atoms with Crippen LogP contribution in [0.1, 0.15) is 5.56 Å². The summed E-state index contributed by atoms with van der Waals surface area (Å²) in [6.07, 6.45) is 1.77. The van der Waals surface area contributed by atoms with Gasteiger partial charge in [0.15, 0.2) is 0 Å². The van der Waals surface area contributed by atoms with E-state index in [4.69, 9.17) is 5.73 Å². The average Bonchev–Trinajstić information content (AvgIpc) is 3.01. The average molecular weight is 278 g/mol. The van der Waals surface area contributed by atoms with Crippen LogP contribution in [0.5, 0.6) is 0 Å². The molecule has 21 heavy (non-hydrogen) atoms. The van der Waals surface area contributed by atoms with Gasteiger partial charge >= 0.3 is 0 Å². The Morgan fingerprint density at radius 3 is 2.57 bits per heavy atom. The molecule has 0 fully saturated rings. The fraction of sp³-hybridized carbons (Fsp3) is 0. The first-order valence-corrected chi connectivity index (χ1v) is 6.29. The number of aromatic amines is 1. The fourth-order valence-corrected chi connectivity index (χ4v) is 2.16. The molecule has 3 N–H and O–H groups in total. The van der Waals surface area contributed by atoms with Crippen LogP contribution in [-0.2, 0) is 0 Å². The first-order chi connectivity index (χ1) is 10.2. The minimum absolute atomic E-state index is 0.156. The van der Waals surface area contributed by atoms with E-state index < -0.39 is 0 Å². The molecule has 0 unspecified atom stereocenters. The van der Waals surface area contributed by atoms with Gasteiger partial charge in [0, 0.05) is 23.0 Å². The maximum Gasteiger partial charge on any atom is 0.142 e. The summed E-state index contributed by atoms with van der Waals surface area (Å²) in [5, 5.41) is 9.26. The van der Waals surface area contributed by atoms with Crippen LogP contribution in [0, 0.1) is 17.1 Å². The Morgan fingerprint density at radius 1 is 1.19 bits per heavy atom. The van der Waals surface area contributed by atoms with Gasteiger partial charge < -0.3 is 10.7 Å². The molecule has 0 aliphatic carbocycles. The molecule has 0 bridgehead atoms. The number of nitrogens with zero attached hydrogens (tertiary/aromatic N) is 2. The molecular formula is C16H11FN4. The summed E-state index contributed by atoms with van der Waals surface area (Å²) in [6, 6.07) is 13.5. The van der Waals surface area contributed by atoms with Gasteiger partial charge in [-0.2, -0.15) is 5.26 Å². The second kappa shape index (κ2) is 5.10. The molecule has 0 spiro atoms. The lowest BCUT2D eigenvalue weighted by molar-refractivity contribution is 0.628. The van der Waals surface area contributed by atoms with Crippen molar-refractivity contribution in [3.8, 4) is 28.6 Å². The van der Waals surface area contributed by atoms with Crippen LogP contribution in [-0.4, -0.2) is 9.97 Å². The van der Waals surface area contributed by atoms with Crippen LogP contribution in [0.3, 0.4) is 0 Å². The number of nitrogens with one attached hydrogen (secondary N) is 1. The van der Waals surface area contributed by atoms with Crippen molar-refractivity contribution in [2.75, 3.05) is 5.73 Å². The van der Waals surface area contributed by atoms with E-state index >= 15 is 0 Å². The Hall–Kier alpha value is -3.13. The van der Waals surface area contributed by atoms with Gasteiger partial charge in [-0.15, -0.1) is 0 Å². The molecule has 0 aliphatic rings. The Bertz CT molecular complexity index is 815. The van der Waals surface area contributed by atoms with Gasteiger partial charge in [0.2, 0.25) is 0 Å². The normalized spacial score (nSPS) is 10.3. The zero-order valence-corrected chi connectivity index (χ0v) is 11.0. The Morgan fingerprint density at radius 2 is 1.95 bits per heavy atom. The molecule has 2 aromatic heterocycles. The predicted molar refractivity (Wildman–Crippen MR) is 78.5 cm³/mol. The van der Waals surface area contributed by atoms with E-state index in [1.807, 2.05) is 12.1 Å². The van der Waals surface area contributed by atoms with Crippen molar-refractivity contribution >= 4 is 5.82 Å². The molecule has 0 radical (unpaired) electrons. The molecule has 5 heteroatoms. The third-order valence-corrected chi connectivity index (χ3v) is 3.19. The zero-order chi connectivity index (χ0) is 14.8. The van der Waals surface area contributed by atoms with Gasteiger partial charge in [-0.1, -0.05) is 0 Å². The highest BCUT2D eigenvalue weighted by atomic mass is 19.1. The van der Waals surface area contributed by atoms with E-state index in [9.17, 15) is 9.65 Å². The number of nitrogens with two attached hydrogens (primary N) is 1. The number of anilines is 1. The number of rotatable bonds is 2. The number of benzene rings is 1. The molecule has 0 saturated heterocycles. The standard InChI is InChI=1S/C16H11FN4/c17-11-5-3-10(4-6-11)15-8-12(14-2-1-7-20-14)13(9-18)16(19)21-15/h1-8,20H,(H2,19,21). The molecular weight excluding hydrogens is 267 g/mol. The maximum absolute atomic E-state index is 13.0. The topological polar surface area (TPSA) is 78.5 Å². The zero-order valence-electron chi connectivity index (χ0n) is 11.0. The van der Waals surface area contributed by atoms with Crippen LogP contribution in [0.2, 0.25) is 0 Å². The molecule has 0 amide bonds. The van der Waals surface area contributed by atoms with E-state index in [1.54, 1.807) is 24.4 Å². The molecule has 4 nitrogen and oxygen atoms in total. The van der Waals surface area contributed by atoms with Gasteiger partial charge in [0.05, 0.1) is 5.69 Å². The van der Waals surface area contributed by atoms with Gasteiger partial charge in [0.1, 0.15) is 23.3 Å². The molecule has 102 valence electrons. The van der Waals surface area contributed by atoms with E-state index in [0.29, 0.717) is 16.8 Å². The highest BCUT2D eigenvalue weighted by Gasteiger charge is 2.13. The third kappa shape index (κ3) is 2.35. The summed E-state index contributed by atoms with van der Waals surface area (Å²) in [5.41, 5.74) is 8.99. The minimum Gasteiger partial charge on any atom is -0.383 e. The molecule has 1 aromatic carbocycles. The van der Waals surface area contributed by atoms with Crippen LogP contribution in [0.4, 0.5) is 10.2 Å². The Balaban J connectivity index is 2.21. The molecule has 2 heterocycles. The summed E-state index contributed by atoms with van der Waals surface area (Å²) in [7, 11) is 0. The van der Waals surface area contributed by atoms with Crippen LogP contribution < -0.4 is 5.73 Å². The number of halogens is 1. The van der Waals surface area contributed by atoms with Crippen molar-refractivity contribution in [3.63, 3.8) is 0 Å². The summed E-state index contributed by atoms with van der Waals surface area (Å²) < 4.78 is 13.0. The molecule has 0 atom stereocenters. The lowest BCUT2D eigenvalue weighted by Gasteiger charge is -2.09. The quantitative estimate of drug-likeness (QED) is 0.754. The predicted octanol–water partition coefficient (Wildman–Crippen LogP) is 3.34. The molecule has 0 saturated carbocycles. The lowest BCUT2D eigenvalue weighted by Crippen LogP contribution is -1.99.